The number of halogens is 2. The van der Waals surface area contributed by atoms with Crippen LogP contribution in [0.4, 0.5) is 0 Å². The van der Waals surface area contributed by atoms with Crippen LogP contribution in [0.1, 0.15) is 34.3 Å². The van der Waals surface area contributed by atoms with Gasteiger partial charge in [0.15, 0.2) is 0 Å². The maximum atomic E-state index is 12.0. The van der Waals surface area contributed by atoms with Crippen molar-refractivity contribution >= 4 is 52.3 Å². The highest BCUT2D eigenvalue weighted by Crippen LogP contribution is 2.27. The molecule has 10 heteroatoms. The molecular weight excluding hydrogens is 425 g/mol. The van der Waals surface area contributed by atoms with E-state index < -0.39 is 5.91 Å². The molecule has 0 spiro atoms. The molecule has 7 nitrogen and oxygen atoms in total. The lowest BCUT2D eigenvalue weighted by atomic mass is 10.3. The minimum atomic E-state index is -0.420. The number of rotatable bonds is 8. The molecule has 28 heavy (non-hydrogen) atoms. The van der Waals surface area contributed by atoms with Gasteiger partial charge in [0.2, 0.25) is 11.8 Å². The van der Waals surface area contributed by atoms with Gasteiger partial charge in [-0.2, -0.15) is 0 Å². The largest absolute Gasteiger partial charge is 0.492 e. The van der Waals surface area contributed by atoms with Crippen molar-refractivity contribution in [1.82, 2.24) is 16.2 Å². The first kappa shape index (κ1) is 22.0. The first-order chi connectivity index (χ1) is 13.3. The minimum Gasteiger partial charge on any atom is -0.492 e. The molecule has 3 N–H and O–H groups in total. The SMILES string of the molecule is CC(=O)NCc1ccc(C(=O)NNC(=O)CCCOc2ccc(Cl)cc2Cl)s1. The summed E-state index contributed by atoms with van der Waals surface area (Å²) in [6, 6.07) is 8.28. The Morgan fingerprint density at radius 3 is 2.61 bits per heavy atom. The zero-order valence-corrected chi connectivity index (χ0v) is 17.3. The molecule has 0 aliphatic rings. The number of hydrogen-bond acceptors (Lipinski definition) is 5. The zero-order chi connectivity index (χ0) is 20.5. The van der Waals surface area contributed by atoms with Crippen molar-refractivity contribution < 1.29 is 19.1 Å². The Balaban J connectivity index is 1.66. The third-order valence-electron chi connectivity index (χ3n) is 3.41. The monoisotopic (exact) mass is 443 g/mol. The van der Waals surface area contributed by atoms with Gasteiger partial charge in [0.05, 0.1) is 23.1 Å². The number of thiophene rings is 1. The first-order valence-corrected chi connectivity index (χ1v) is 9.92. The van der Waals surface area contributed by atoms with Gasteiger partial charge in [-0.25, -0.2) is 0 Å². The molecule has 0 bridgehead atoms. The van der Waals surface area contributed by atoms with Crippen LogP contribution in [0, 0.1) is 0 Å². The summed E-state index contributed by atoms with van der Waals surface area (Å²) in [6.07, 6.45) is 0.615. The standard InChI is InChI=1S/C18H19Cl2N3O4S/c1-11(24)21-10-13-5-7-16(28-13)18(26)23-22-17(25)3-2-8-27-15-6-4-12(19)9-14(15)20/h4-7,9H,2-3,8,10H2,1H3,(H,21,24)(H,22,25)(H,23,26). The van der Waals surface area contributed by atoms with E-state index in [2.05, 4.69) is 16.2 Å². The number of carbonyl (C=O) groups excluding carboxylic acids is 3. The van der Waals surface area contributed by atoms with E-state index in [0.717, 1.165) is 4.88 Å². The molecule has 150 valence electrons. The smallest absolute Gasteiger partial charge is 0.279 e. The molecule has 0 atom stereocenters. The molecule has 3 amide bonds. The van der Waals surface area contributed by atoms with Crippen molar-refractivity contribution in [3.63, 3.8) is 0 Å². The third kappa shape index (κ3) is 7.38. The van der Waals surface area contributed by atoms with Gasteiger partial charge in [-0.15, -0.1) is 11.3 Å². The number of carbonyl (C=O) groups is 3. The van der Waals surface area contributed by atoms with E-state index >= 15 is 0 Å². The van der Waals surface area contributed by atoms with Crippen LogP contribution in [0.25, 0.3) is 0 Å². The van der Waals surface area contributed by atoms with Gasteiger partial charge in [0.1, 0.15) is 5.75 Å². The molecule has 2 aromatic rings. The minimum absolute atomic E-state index is 0.144. The quantitative estimate of drug-likeness (QED) is 0.430. The van der Waals surface area contributed by atoms with Crippen molar-refractivity contribution in [2.45, 2.75) is 26.3 Å². The Kier molecular flexibility index (Phi) is 8.56. The number of benzene rings is 1. The zero-order valence-electron chi connectivity index (χ0n) is 15.0. The lowest BCUT2D eigenvalue weighted by Gasteiger charge is -2.09. The number of ether oxygens (including phenoxy) is 1. The van der Waals surface area contributed by atoms with E-state index in [-0.39, 0.29) is 18.2 Å². The average Bonchev–Trinajstić information content (AvgIpc) is 3.12. The highest BCUT2D eigenvalue weighted by molar-refractivity contribution is 7.14. The van der Waals surface area contributed by atoms with Crippen LogP contribution >= 0.6 is 34.5 Å². The molecule has 1 aromatic carbocycles. The summed E-state index contributed by atoms with van der Waals surface area (Å²) in [4.78, 5) is 36.0. The normalized spacial score (nSPS) is 10.2. The third-order valence-corrected chi connectivity index (χ3v) is 5.03. The van der Waals surface area contributed by atoms with E-state index in [0.29, 0.717) is 40.2 Å². The number of nitrogens with one attached hydrogen (secondary N) is 3. The lowest BCUT2D eigenvalue weighted by molar-refractivity contribution is -0.122. The fraction of sp³-hybridized carbons (Fsp3) is 0.278. The fourth-order valence-corrected chi connectivity index (χ4v) is 3.37. The highest BCUT2D eigenvalue weighted by atomic mass is 35.5. The highest BCUT2D eigenvalue weighted by Gasteiger charge is 2.11. The summed E-state index contributed by atoms with van der Waals surface area (Å²) in [7, 11) is 0. The maximum Gasteiger partial charge on any atom is 0.279 e. The Hall–Kier alpha value is -2.29. The Labute approximate surface area is 176 Å². The van der Waals surface area contributed by atoms with Gasteiger partial charge < -0.3 is 10.1 Å². The molecule has 2 rings (SSSR count). The fourth-order valence-electron chi connectivity index (χ4n) is 2.06. The predicted octanol–water partition coefficient (Wildman–Crippen LogP) is 3.31. The van der Waals surface area contributed by atoms with Gasteiger partial charge in [-0.3, -0.25) is 25.2 Å². The summed E-state index contributed by atoms with van der Waals surface area (Å²) in [5, 5.41) is 3.57. The average molecular weight is 444 g/mol. The topological polar surface area (TPSA) is 96.5 Å². The van der Waals surface area contributed by atoms with Crippen LogP contribution in [0.3, 0.4) is 0 Å². The Bertz CT molecular complexity index is 857. The van der Waals surface area contributed by atoms with Crippen molar-refractivity contribution in [2.75, 3.05) is 6.61 Å². The Morgan fingerprint density at radius 1 is 1.11 bits per heavy atom. The van der Waals surface area contributed by atoms with Gasteiger partial charge in [0, 0.05) is 23.2 Å². The number of hydrazine groups is 1. The van der Waals surface area contributed by atoms with Gasteiger partial charge >= 0.3 is 0 Å². The Morgan fingerprint density at radius 2 is 1.89 bits per heavy atom. The summed E-state index contributed by atoms with van der Waals surface area (Å²) in [5.41, 5.74) is 4.72. The predicted molar refractivity (Wildman–Crippen MR) is 109 cm³/mol. The molecule has 0 fully saturated rings. The molecule has 0 radical (unpaired) electrons. The van der Waals surface area contributed by atoms with Crippen molar-refractivity contribution in [3.05, 3.63) is 50.1 Å². The summed E-state index contributed by atoms with van der Waals surface area (Å²) >= 11 is 13.0. The number of hydrogen-bond donors (Lipinski definition) is 3. The van der Waals surface area contributed by atoms with Crippen LogP contribution in [-0.2, 0) is 16.1 Å². The van der Waals surface area contributed by atoms with E-state index in [1.165, 1.54) is 18.3 Å². The second-order valence-corrected chi connectivity index (χ2v) is 7.72. The van der Waals surface area contributed by atoms with E-state index in [9.17, 15) is 14.4 Å². The second kappa shape index (κ2) is 10.9. The van der Waals surface area contributed by atoms with Gasteiger partial charge in [0.25, 0.3) is 5.91 Å². The molecule has 0 aliphatic heterocycles. The number of amides is 3. The second-order valence-electron chi connectivity index (χ2n) is 5.70. The molecular formula is C18H19Cl2N3O4S. The van der Waals surface area contributed by atoms with Gasteiger partial charge in [-0.05, 0) is 36.8 Å². The molecule has 0 aliphatic carbocycles. The van der Waals surface area contributed by atoms with Crippen molar-refractivity contribution in [3.8, 4) is 5.75 Å². The van der Waals surface area contributed by atoms with Crippen LogP contribution in [-0.4, -0.2) is 24.3 Å². The molecule has 0 unspecified atom stereocenters. The van der Waals surface area contributed by atoms with Crippen LogP contribution < -0.4 is 20.9 Å². The molecule has 0 saturated carbocycles. The molecule has 1 heterocycles. The van der Waals surface area contributed by atoms with E-state index in [1.807, 2.05) is 0 Å². The van der Waals surface area contributed by atoms with Crippen molar-refractivity contribution in [1.29, 1.82) is 0 Å². The first-order valence-electron chi connectivity index (χ1n) is 8.35. The maximum absolute atomic E-state index is 12.0. The van der Waals surface area contributed by atoms with E-state index in [1.54, 1.807) is 30.3 Å². The summed E-state index contributed by atoms with van der Waals surface area (Å²) in [5.74, 6) is -0.410. The van der Waals surface area contributed by atoms with Gasteiger partial charge in [-0.1, -0.05) is 23.2 Å². The van der Waals surface area contributed by atoms with Crippen LogP contribution in [0.2, 0.25) is 10.0 Å². The molecule has 1 aromatic heterocycles. The van der Waals surface area contributed by atoms with E-state index in [4.69, 9.17) is 27.9 Å². The van der Waals surface area contributed by atoms with Crippen LogP contribution in [0.15, 0.2) is 30.3 Å². The van der Waals surface area contributed by atoms with Crippen LogP contribution in [0.5, 0.6) is 5.75 Å². The van der Waals surface area contributed by atoms with Crippen molar-refractivity contribution in [2.24, 2.45) is 0 Å². The summed E-state index contributed by atoms with van der Waals surface area (Å²) in [6.45, 7) is 2.07. The summed E-state index contributed by atoms with van der Waals surface area (Å²) < 4.78 is 5.49. The molecule has 0 saturated heterocycles. The lowest BCUT2D eigenvalue weighted by Crippen LogP contribution is -2.41.